The number of rotatable bonds is 4. The average Bonchev–Trinajstić information content (AvgIpc) is 2.51. The van der Waals surface area contributed by atoms with Crippen molar-refractivity contribution in [3.05, 3.63) is 23.8 Å². The molecule has 0 aromatic heterocycles. The van der Waals surface area contributed by atoms with Gasteiger partial charge in [-0.25, -0.2) is 4.79 Å². The summed E-state index contributed by atoms with van der Waals surface area (Å²) in [7, 11) is 1.45. The third-order valence-electron chi connectivity index (χ3n) is 3.52. The van der Waals surface area contributed by atoms with Crippen molar-refractivity contribution in [3.63, 3.8) is 0 Å². The molecule has 7 heteroatoms. The molecule has 2 atom stereocenters. The third kappa shape index (κ3) is 4.35. The summed E-state index contributed by atoms with van der Waals surface area (Å²) < 4.78 is 15.5. The van der Waals surface area contributed by atoms with E-state index in [1.165, 1.54) is 25.3 Å². The van der Waals surface area contributed by atoms with Crippen LogP contribution in [0.1, 0.15) is 24.2 Å². The predicted octanol–water partition coefficient (Wildman–Crippen LogP) is 1.19. The summed E-state index contributed by atoms with van der Waals surface area (Å²) in [5.41, 5.74) is -0.0117. The van der Waals surface area contributed by atoms with Crippen LogP contribution in [0.4, 0.5) is 0 Å². The molecule has 1 N–H and O–H groups in total. The smallest absolute Gasteiger partial charge is 0.342 e. The Labute approximate surface area is 134 Å². The van der Waals surface area contributed by atoms with E-state index >= 15 is 0 Å². The standard InChI is InChI=1S/C16H21NO6/c1-10-7-17(8-11(2)23-10)15(19)9-22-16(20)13-5-4-12(21-3)6-14(13)18/h4-6,10-11,18H,7-9H2,1-3H3/t10-,11-/m0/s1. The minimum atomic E-state index is -0.757. The SMILES string of the molecule is COc1ccc(C(=O)OCC(=O)N2C[C@H](C)O[C@@H](C)C2)c(O)c1. The van der Waals surface area contributed by atoms with Crippen molar-refractivity contribution in [1.29, 1.82) is 0 Å². The Morgan fingerprint density at radius 1 is 1.30 bits per heavy atom. The number of phenolic OH excluding ortho intramolecular Hbond substituents is 1. The van der Waals surface area contributed by atoms with Crippen molar-refractivity contribution in [3.8, 4) is 11.5 Å². The summed E-state index contributed by atoms with van der Waals surface area (Å²) >= 11 is 0. The summed E-state index contributed by atoms with van der Waals surface area (Å²) in [5.74, 6) is -0.872. The molecule has 1 aromatic rings. The Balaban J connectivity index is 1.92. The summed E-state index contributed by atoms with van der Waals surface area (Å²) in [6, 6.07) is 4.23. The summed E-state index contributed by atoms with van der Waals surface area (Å²) in [6.45, 7) is 4.33. The molecule has 1 amide bonds. The topological polar surface area (TPSA) is 85.3 Å². The zero-order valence-corrected chi connectivity index (χ0v) is 13.4. The number of ether oxygens (including phenoxy) is 3. The number of carbonyl (C=O) groups excluding carboxylic acids is 2. The lowest BCUT2D eigenvalue weighted by Gasteiger charge is -2.35. The maximum Gasteiger partial charge on any atom is 0.342 e. The van der Waals surface area contributed by atoms with E-state index < -0.39 is 5.97 Å². The molecule has 0 saturated carbocycles. The molecule has 1 fully saturated rings. The molecule has 0 spiro atoms. The number of hydrogen-bond donors (Lipinski definition) is 1. The molecule has 2 rings (SSSR count). The highest BCUT2D eigenvalue weighted by Crippen LogP contribution is 2.24. The fraction of sp³-hybridized carbons (Fsp3) is 0.500. The molecule has 1 heterocycles. The van der Waals surface area contributed by atoms with Crippen LogP contribution in [-0.2, 0) is 14.3 Å². The molecule has 1 aromatic carbocycles. The Bertz CT molecular complexity index is 578. The van der Waals surface area contributed by atoms with Gasteiger partial charge in [0.25, 0.3) is 5.91 Å². The molecule has 0 radical (unpaired) electrons. The predicted molar refractivity (Wildman–Crippen MR) is 81.5 cm³/mol. The number of benzene rings is 1. The molecule has 0 unspecified atom stereocenters. The van der Waals surface area contributed by atoms with Crippen molar-refractivity contribution < 1.29 is 28.9 Å². The van der Waals surface area contributed by atoms with Crippen LogP contribution in [-0.4, -0.2) is 60.9 Å². The van der Waals surface area contributed by atoms with Gasteiger partial charge in [0.2, 0.25) is 0 Å². The van der Waals surface area contributed by atoms with Crippen LogP contribution < -0.4 is 4.74 Å². The number of esters is 1. The maximum atomic E-state index is 12.1. The van der Waals surface area contributed by atoms with Crippen LogP contribution in [0.2, 0.25) is 0 Å². The number of methoxy groups -OCH3 is 1. The van der Waals surface area contributed by atoms with E-state index in [4.69, 9.17) is 14.2 Å². The van der Waals surface area contributed by atoms with Gasteiger partial charge in [-0.15, -0.1) is 0 Å². The number of nitrogens with zero attached hydrogens (tertiary/aromatic N) is 1. The molecule has 1 saturated heterocycles. The zero-order valence-electron chi connectivity index (χ0n) is 13.4. The van der Waals surface area contributed by atoms with Gasteiger partial charge in [-0.1, -0.05) is 0 Å². The molecular formula is C16H21NO6. The van der Waals surface area contributed by atoms with Crippen molar-refractivity contribution in [2.75, 3.05) is 26.8 Å². The second-order valence-electron chi connectivity index (χ2n) is 5.52. The first-order chi connectivity index (χ1) is 10.9. The van der Waals surface area contributed by atoms with Crippen LogP contribution in [0, 0.1) is 0 Å². The molecule has 0 bridgehead atoms. The quantitative estimate of drug-likeness (QED) is 0.838. The van der Waals surface area contributed by atoms with Gasteiger partial charge in [0.1, 0.15) is 17.1 Å². The Morgan fingerprint density at radius 2 is 1.96 bits per heavy atom. The molecule has 0 aliphatic carbocycles. The highest BCUT2D eigenvalue weighted by Gasteiger charge is 2.26. The maximum absolute atomic E-state index is 12.1. The highest BCUT2D eigenvalue weighted by atomic mass is 16.5. The summed E-state index contributed by atoms with van der Waals surface area (Å²) in [5, 5.41) is 9.78. The van der Waals surface area contributed by atoms with E-state index in [0.29, 0.717) is 18.8 Å². The van der Waals surface area contributed by atoms with Crippen molar-refractivity contribution in [1.82, 2.24) is 4.90 Å². The van der Waals surface area contributed by atoms with E-state index in [-0.39, 0.29) is 36.0 Å². The summed E-state index contributed by atoms with van der Waals surface area (Å²) in [6.07, 6.45) is -0.104. The van der Waals surface area contributed by atoms with Gasteiger partial charge in [-0.3, -0.25) is 4.79 Å². The first-order valence-electron chi connectivity index (χ1n) is 7.38. The van der Waals surface area contributed by atoms with E-state index in [9.17, 15) is 14.7 Å². The Kier molecular flexibility index (Phi) is 5.44. The van der Waals surface area contributed by atoms with Gasteiger partial charge in [0, 0.05) is 19.2 Å². The van der Waals surface area contributed by atoms with Crippen molar-refractivity contribution in [2.45, 2.75) is 26.1 Å². The monoisotopic (exact) mass is 323 g/mol. The number of hydrogen-bond acceptors (Lipinski definition) is 6. The summed E-state index contributed by atoms with van der Waals surface area (Å²) in [4.78, 5) is 25.7. The van der Waals surface area contributed by atoms with Gasteiger partial charge in [-0.2, -0.15) is 0 Å². The van der Waals surface area contributed by atoms with Crippen molar-refractivity contribution >= 4 is 11.9 Å². The minimum Gasteiger partial charge on any atom is -0.507 e. The van der Waals surface area contributed by atoms with E-state index in [1.54, 1.807) is 4.90 Å². The first kappa shape index (κ1) is 17.1. The minimum absolute atomic E-state index is 0.0117. The van der Waals surface area contributed by atoms with Gasteiger partial charge in [-0.05, 0) is 26.0 Å². The van der Waals surface area contributed by atoms with Crippen LogP contribution in [0.25, 0.3) is 0 Å². The van der Waals surface area contributed by atoms with Crippen molar-refractivity contribution in [2.24, 2.45) is 0 Å². The number of phenols is 1. The van der Waals surface area contributed by atoms with E-state index in [1.807, 2.05) is 13.8 Å². The number of aromatic hydroxyl groups is 1. The average molecular weight is 323 g/mol. The molecule has 126 valence electrons. The van der Waals surface area contributed by atoms with E-state index in [2.05, 4.69) is 0 Å². The molecule has 23 heavy (non-hydrogen) atoms. The number of amides is 1. The normalized spacial score (nSPS) is 20.9. The fourth-order valence-corrected chi connectivity index (χ4v) is 2.49. The zero-order chi connectivity index (χ0) is 17.0. The second kappa shape index (κ2) is 7.32. The lowest BCUT2D eigenvalue weighted by molar-refractivity contribution is -0.146. The van der Waals surface area contributed by atoms with Crippen LogP contribution in [0.15, 0.2) is 18.2 Å². The highest BCUT2D eigenvalue weighted by molar-refractivity contribution is 5.94. The molecule has 7 nitrogen and oxygen atoms in total. The molecular weight excluding hydrogens is 302 g/mol. The molecule has 1 aliphatic rings. The van der Waals surface area contributed by atoms with Gasteiger partial charge >= 0.3 is 5.97 Å². The molecule has 1 aliphatic heterocycles. The van der Waals surface area contributed by atoms with Gasteiger partial charge in [0.05, 0.1) is 19.3 Å². The van der Waals surface area contributed by atoms with Crippen LogP contribution in [0.3, 0.4) is 0 Å². The number of carbonyl (C=O) groups is 2. The number of morpholine rings is 1. The van der Waals surface area contributed by atoms with Crippen LogP contribution >= 0.6 is 0 Å². The third-order valence-corrected chi connectivity index (χ3v) is 3.52. The lowest BCUT2D eigenvalue weighted by Crippen LogP contribution is -2.49. The van der Waals surface area contributed by atoms with Gasteiger partial charge in [0.15, 0.2) is 6.61 Å². The Hall–Kier alpha value is -2.28. The Morgan fingerprint density at radius 3 is 2.52 bits per heavy atom. The first-order valence-corrected chi connectivity index (χ1v) is 7.38. The second-order valence-corrected chi connectivity index (χ2v) is 5.52. The van der Waals surface area contributed by atoms with E-state index in [0.717, 1.165) is 0 Å². The van der Waals surface area contributed by atoms with Crippen LogP contribution in [0.5, 0.6) is 11.5 Å². The largest absolute Gasteiger partial charge is 0.507 e. The fourth-order valence-electron chi connectivity index (χ4n) is 2.49. The lowest BCUT2D eigenvalue weighted by atomic mass is 10.2. The van der Waals surface area contributed by atoms with Gasteiger partial charge < -0.3 is 24.2 Å².